The first kappa shape index (κ1) is 27.8. The third-order valence-electron chi connectivity index (χ3n) is 3.62. The molecule has 0 aliphatic heterocycles. The van der Waals surface area contributed by atoms with Crippen molar-refractivity contribution in [2.75, 3.05) is 19.4 Å². The van der Waals surface area contributed by atoms with Gasteiger partial charge in [-0.25, -0.2) is 4.39 Å². The van der Waals surface area contributed by atoms with Gasteiger partial charge in [-0.15, -0.1) is 0 Å². The molecule has 28 heavy (non-hydrogen) atoms. The molecule has 2 N–H and O–H groups in total. The third-order valence-corrected chi connectivity index (χ3v) is 3.62. The van der Waals surface area contributed by atoms with E-state index < -0.39 is 5.67 Å². The molecule has 0 aliphatic carbocycles. The Kier molecular flexibility index (Phi) is 14.5. The molecule has 1 aromatic rings. The number of anilines is 1. The van der Waals surface area contributed by atoms with E-state index in [-0.39, 0.29) is 0 Å². The third kappa shape index (κ3) is 10.0. The zero-order valence-electron chi connectivity index (χ0n) is 18.7. The molecular weight excluding hydrogens is 351 g/mol. The van der Waals surface area contributed by atoms with E-state index in [2.05, 4.69) is 23.8 Å². The summed E-state index contributed by atoms with van der Waals surface area (Å²) in [5, 5.41) is 5.94. The minimum absolute atomic E-state index is 0.337. The second kappa shape index (κ2) is 14.6. The second-order valence-electron chi connectivity index (χ2n) is 6.41. The lowest BCUT2D eigenvalue weighted by Gasteiger charge is -2.18. The summed E-state index contributed by atoms with van der Waals surface area (Å²) >= 11 is 0. The van der Waals surface area contributed by atoms with Crippen LogP contribution in [0.1, 0.15) is 47.1 Å². The molecule has 0 heterocycles. The van der Waals surface area contributed by atoms with Crippen molar-refractivity contribution in [3.05, 3.63) is 77.6 Å². The lowest BCUT2D eigenvalue weighted by Crippen LogP contribution is -2.11. The topological polar surface area (TPSA) is 41.1 Å². The highest BCUT2D eigenvalue weighted by molar-refractivity contribution is 5.82. The molecule has 0 fully saturated rings. The number of benzene rings is 1. The van der Waals surface area contributed by atoms with Crippen molar-refractivity contribution < 1.29 is 9.18 Å². The molecule has 0 saturated carbocycles. The highest BCUT2D eigenvalue weighted by atomic mass is 19.1. The van der Waals surface area contributed by atoms with Crippen LogP contribution in [0.5, 0.6) is 0 Å². The molecule has 0 aliphatic rings. The van der Waals surface area contributed by atoms with Crippen LogP contribution in [0.15, 0.2) is 72.0 Å². The first-order chi connectivity index (χ1) is 13.1. The average Bonchev–Trinajstić information content (AvgIpc) is 2.67. The van der Waals surface area contributed by atoms with Gasteiger partial charge in [-0.2, -0.15) is 0 Å². The molecule has 0 unspecified atom stereocenters. The van der Waals surface area contributed by atoms with Gasteiger partial charge >= 0.3 is 0 Å². The van der Waals surface area contributed by atoms with Crippen molar-refractivity contribution >= 4 is 12.0 Å². The molecular formula is C24H37FN2O. The Balaban J connectivity index is 0. The predicted molar refractivity (Wildman–Crippen MR) is 122 cm³/mol. The Hall–Kier alpha value is -2.46. The van der Waals surface area contributed by atoms with Crippen molar-refractivity contribution in [3.8, 4) is 0 Å². The number of nitrogens with one attached hydrogen (secondary N) is 2. The number of hydrogen-bond donors (Lipinski definition) is 2. The maximum Gasteiger partial charge on any atom is 0.151 e. The summed E-state index contributed by atoms with van der Waals surface area (Å²) in [6, 6.07) is 7.08. The summed E-state index contributed by atoms with van der Waals surface area (Å²) in [6.45, 7) is 18.3. The van der Waals surface area contributed by atoms with E-state index in [9.17, 15) is 9.18 Å². The number of alkyl halides is 1. The standard InChI is InChI=1S/C20H24FNO.C2H7N.C2H6/c1-7-9-14(2)16(4)19(15(3)13-23)22-18-11-8-10-17(12-18)20(5,6)21;1-3-2;1-2/h7-13,22H,1,3H2,2,4-6H3;3H,1-2H3;1-2H3/b14-9+,19-16-;;. The average molecular weight is 389 g/mol. The number of rotatable bonds is 7. The van der Waals surface area contributed by atoms with E-state index in [1.807, 2.05) is 53.9 Å². The molecule has 0 aromatic heterocycles. The van der Waals surface area contributed by atoms with Gasteiger partial charge in [0.05, 0.1) is 5.70 Å². The zero-order chi connectivity index (χ0) is 22.3. The normalized spacial score (nSPS) is 11.7. The second-order valence-corrected chi connectivity index (χ2v) is 6.41. The predicted octanol–water partition coefficient (Wildman–Crippen LogP) is 6.33. The number of allylic oxidation sites excluding steroid dienone is 5. The molecule has 156 valence electrons. The largest absolute Gasteiger partial charge is 0.355 e. The number of carbonyl (C=O) groups is 1. The van der Waals surface area contributed by atoms with E-state index in [1.165, 1.54) is 13.8 Å². The quantitative estimate of drug-likeness (QED) is 0.326. The molecule has 0 amide bonds. The Morgan fingerprint density at radius 3 is 2.14 bits per heavy atom. The Morgan fingerprint density at radius 1 is 1.18 bits per heavy atom. The van der Waals surface area contributed by atoms with E-state index in [4.69, 9.17) is 0 Å². The number of halogens is 1. The van der Waals surface area contributed by atoms with Gasteiger partial charge in [0.25, 0.3) is 0 Å². The maximum absolute atomic E-state index is 14.1. The SMILES string of the molecule is C=C/C=C(C)/C(C)=C(\Nc1cccc(C(C)(C)F)c1)C(=C)C=O.CC.CNC. The molecule has 1 aromatic carbocycles. The van der Waals surface area contributed by atoms with Crippen molar-refractivity contribution in [2.24, 2.45) is 0 Å². The Morgan fingerprint density at radius 2 is 1.71 bits per heavy atom. The summed E-state index contributed by atoms with van der Waals surface area (Å²) in [5.41, 5.74) is 2.64. The van der Waals surface area contributed by atoms with Crippen LogP contribution in [-0.4, -0.2) is 20.4 Å². The molecule has 4 heteroatoms. The summed E-state index contributed by atoms with van der Waals surface area (Å²) in [5.74, 6) is 0. The van der Waals surface area contributed by atoms with Gasteiger partial charge in [0.2, 0.25) is 0 Å². The molecule has 1 rings (SSSR count). The van der Waals surface area contributed by atoms with E-state index >= 15 is 0 Å². The van der Waals surface area contributed by atoms with Crippen LogP contribution in [0.4, 0.5) is 10.1 Å². The molecule has 0 bridgehead atoms. The smallest absolute Gasteiger partial charge is 0.151 e. The number of carbonyl (C=O) groups excluding carboxylic acids is 1. The molecule has 3 nitrogen and oxygen atoms in total. The summed E-state index contributed by atoms with van der Waals surface area (Å²) in [4.78, 5) is 11.2. The minimum atomic E-state index is -1.43. The van der Waals surface area contributed by atoms with Crippen molar-refractivity contribution in [1.29, 1.82) is 0 Å². The van der Waals surface area contributed by atoms with Crippen molar-refractivity contribution in [2.45, 2.75) is 47.2 Å². The lowest BCUT2D eigenvalue weighted by molar-refractivity contribution is -0.104. The first-order valence-corrected chi connectivity index (χ1v) is 9.42. The van der Waals surface area contributed by atoms with Gasteiger partial charge in [-0.3, -0.25) is 4.79 Å². The van der Waals surface area contributed by atoms with Crippen LogP contribution >= 0.6 is 0 Å². The fraction of sp³-hybridized carbons (Fsp3) is 0.375. The minimum Gasteiger partial charge on any atom is -0.355 e. The van der Waals surface area contributed by atoms with E-state index in [1.54, 1.807) is 24.3 Å². The lowest BCUT2D eigenvalue weighted by atomic mass is 9.99. The van der Waals surface area contributed by atoms with Crippen LogP contribution in [0.3, 0.4) is 0 Å². The molecule has 0 spiro atoms. The molecule has 0 saturated heterocycles. The maximum atomic E-state index is 14.1. The summed E-state index contributed by atoms with van der Waals surface area (Å²) in [6.07, 6.45) is 4.25. The van der Waals surface area contributed by atoms with E-state index in [0.717, 1.165) is 11.1 Å². The molecule has 0 radical (unpaired) electrons. The van der Waals surface area contributed by atoms with Crippen molar-refractivity contribution in [3.63, 3.8) is 0 Å². The van der Waals surface area contributed by atoms with Crippen LogP contribution in [-0.2, 0) is 10.5 Å². The van der Waals surface area contributed by atoms with Crippen LogP contribution in [0, 0.1) is 0 Å². The highest BCUT2D eigenvalue weighted by Gasteiger charge is 2.19. The van der Waals surface area contributed by atoms with Crippen LogP contribution in [0.25, 0.3) is 0 Å². The van der Waals surface area contributed by atoms with Crippen LogP contribution < -0.4 is 10.6 Å². The Labute approximate surface area is 171 Å². The van der Waals surface area contributed by atoms with Gasteiger partial charge in [0.15, 0.2) is 6.29 Å². The van der Waals surface area contributed by atoms with Gasteiger partial charge in [0, 0.05) is 11.3 Å². The molecule has 0 atom stereocenters. The first-order valence-electron chi connectivity index (χ1n) is 9.42. The summed E-state index contributed by atoms with van der Waals surface area (Å²) < 4.78 is 14.1. The van der Waals surface area contributed by atoms with Gasteiger partial charge in [0.1, 0.15) is 5.67 Å². The van der Waals surface area contributed by atoms with Gasteiger partial charge in [-0.1, -0.05) is 51.3 Å². The Bertz CT molecular complexity index is 695. The monoisotopic (exact) mass is 388 g/mol. The fourth-order valence-electron chi connectivity index (χ4n) is 2.08. The number of hydrogen-bond acceptors (Lipinski definition) is 3. The fourth-order valence-corrected chi connectivity index (χ4v) is 2.08. The highest BCUT2D eigenvalue weighted by Crippen LogP contribution is 2.28. The number of aldehydes is 1. The van der Waals surface area contributed by atoms with Crippen molar-refractivity contribution in [1.82, 2.24) is 5.32 Å². The zero-order valence-corrected chi connectivity index (χ0v) is 18.7. The van der Waals surface area contributed by atoms with Gasteiger partial charge in [-0.05, 0) is 70.6 Å². The van der Waals surface area contributed by atoms with Crippen LogP contribution in [0.2, 0.25) is 0 Å². The van der Waals surface area contributed by atoms with E-state index in [0.29, 0.717) is 28.8 Å². The van der Waals surface area contributed by atoms with Gasteiger partial charge < -0.3 is 10.6 Å². The summed E-state index contributed by atoms with van der Waals surface area (Å²) in [7, 11) is 3.75.